The van der Waals surface area contributed by atoms with Crippen molar-refractivity contribution in [3.63, 3.8) is 0 Å². The van der Waals surface area contributed by atoms with Crippen molar-refractivity contribution in [3.05, 3.63) is 70.7 Å². The number of rotatable bonds is 6. The lowest BCUT2D eigenvalue weighted by Crippen LogP contribution is -2.48. The first-order valence-corrected chi connectivity index (χ1v) is 13.9. The second kappa shape index (κ2) is 9.33. The molecule has 1 N–H and O–H groups in total. The van der Waals surface area contributed by atoms with Crippen molar-refractivity contribution in [2.24, 2.45) is 0 Å². The normalized spacial score (nSPS) is 14.2. The molecule has 0 heterocycles. The number of halogens is 1. The highest BCUT2D eigenvalue weighted by molar-refractivity contribution is 6.76. The van der Waals surface area contributed by atoms with E-state index in [2.05, 4.69) is 19.6 Å². The molecule has 158 valence electrons. The van der Waals surface area contributed by atoms with Gasteiger partial charge in [-0.3, -0.25) is 0 Å². The average molecular weight is 434 g/mol. The third kappa shape index (κ3) is 7.18. The molecule has 2 unspecified atom stereocenters. The summed E-state index contributed by atoms with van der Waals surface area (Å²) < 4.78 is 5.73. The van der Waals surface area contributed by atoms with Gasteiger partial charge in [-0.25, -0.2) is 4.79 Å². The van der Waals surface area contributed by atoms with E-state index in [1.165, 1.54) is 0 Å². The lowest BCUT2D eigenvalue weighted by molar-refractivity contribution is -0.00238. The number of carbonyl (C=O) groups excluding carboxylic acids is 1. The van der Waals surface area contributed by atoms with Crippen LogP contribution in [0.15, 0.2) is 54.6 Å². The van der Waals surface area contributed by atoms with Crippen LogP contribution in [0.25, 0.3) is 0 Å². The molecule has 0 spiro atoms. The van der Waals surface area contributed by atoms with Crippen molar-refractivity contribution in [1.29, 1.82) is 0 Å². The molecule has 2 aromatic carbocycles. The fourth-order valence-electron chi connectivity index (χ4n) is 3.13. The second-order valence-electron chi connectivity index (χ2n) is 9.52. The first-order valence-electron chi connectivity index (χ1n) is 9.85. The molecule has 6 heteroatoms. The highest BCUT2D eigenvalue weighted by Crippen LogP contribution is 2.36. The van der Waals surface area contributed by atoms with Crippen molar-refractivity contribution in [2.45, 2.75) is 58.2 Å². The van der Waals surface area contributed by atoms with Crippen LogP contribution in [-0.2, 0) is 4.74 Å². The highest BCUT2D eigenvalue weighted by atomic mass is 35.5. The molecule has 1 amide bonds. The molecule has 29 heavy (non-hydrogen) atoms. The lowest BCUT2D eigenvalue weighted by Gasteiger charge is -2.39. The first-order chi connectivity index (χ1) is 13.4. The van der Waals surface area contributed by atoms with Crippen molar-refractivity contribution >= 4 is 25.8 Å². The van der Waals surface area contributed by atoms with Gasteiger partial charge in [0.1, 0.15) is 11.7 Å². The zero-order chi connectivity index (χ0) is 21.8. The first kappa shape index (κ1) is 23.5. The molecule has 0 aliphatic heterocycles. The molecule has 2 rings (SSSR count). The van der Waals surface area contributed by atoms with Crippen molar-refractivity contribution in [1.82, 2.24) is 4.90 Å². The summed E-state index contributed by atoms with van der Waals surface area (Å²) in [5.41, 5.74) is 0.938. The van der Waals surface area contributed by atoms with Gasteiger partial charge in [-0.2, -0.15) is 0 Å². The van der Waals surface area contributed by atoms with Crippen LogP contribution in [0.5, 0.6) is 0 Å². The summed E-state index contributed by atoms with van der Waals surface area (Å²) in [7, 11) is -1.72. The number of ether oxygens (including phenoxy) is 1. The molecule has 0 fully saturated rings. The summed E-state index contributed by atoms with van der Waals surface area (Å²) >= 11 is 6.03. The van der Waals surface area contributed by atoms with Gasteiger partial charge in [-0.05, 0) is 44.0 Å². The van der Waals surface area contributed by atoms with E-state index in [9.17, 15) is 9.90 Å². The molecule has 0 aliphatic rings. The zero-order valence-corrected chi connectivity index (χ0v) is 19.9. The Morgan fingerprint density at radius 1 is 1.03 bits per heavy atom. The average Bonchev–Trinajstić information content (AvgIpc) is 2.60. The Labute approximate surface area is 180 Å². The molecular formula is C23H32ClNO3Si. The molecule has 2 atom stereocenters. The third-order valence-electron chi connectivity index (χ3n) is 4.26. The number of aliphatic hydroxyl groups excluding tert-OH is 1. The van der Waals surface area contributed by atoms with Crippen LogP contribution in [0.4, 0.5) is 4.79 Å². The van der Waals surface area contributed by atoms with Crippen LogP contribution in [0.3, 0.4) is 0 Å². The van der Waals surface area contributed by atoms with Gasteiger partial charge in [0, 0.05) is 11.2 Å². The molecule has 0 bridgehead atoms. The fourth-order valence-corrected chi connectivity index (χ4v) is 4.61. The van der Waals surface area contributed by atoms with Crippen molar-refractivity contribution in [3.8, 4) is 0 Å². The van der Waals surface area contributed by atoms with Gasteiger partial charge in [0.15, 0.2) is 0 Å². The van der Waals surface area contributed by atoms with E-state index in [0.717, 1.165) is 5.56 Å². The van der Waals surface area contributed by atoms with E-state index >= 15 is 0 Å². The van der Waals surface area contributed by atoms with Gasteiger partial charge in [0.25, 0.3) is 0 Å². The molecule has 4 nitrogen and oxygen atoms in total. The SMILES string of the molecule is CC(C)(C)OC(=O)N(C[Si](C)(C)C)C(c1ccccc1)C(O)c1ccc(Cl)cc1. The van der Waals surface area contributed by atoms with Gasteiger partial charge in [0.2, 0.25) is 0 Å². The number of hydrogen-bond acceptors (Lipinski definition) is 3. The Morgan fingerprint density at radius 3 is 2.07 bits per heavy atom. The zero-order valence-electron chi connectivity index (χ0n) is 18.1. The van der Waals surface area contributed by atoms with E-state index in [1.807, 2.05) is 51.1 Å². The summed E-state index contributed by atoms with van der Waals surface area (Å²) in [6.45, 7) is 12.1. The number of benzene rings is 2. The minimum Gasteiger partial charge on any atom is -0.444 e. The van der Waals surface area contributed by atoms with E-state index in [1.54, 1.807) is 29.2 Å². The van der Waals surface area contributed by atoms with Crippen LogP contribution >= 0.6 is 11.6 Å². The number of hydrogen-bond donors (Lipinski definition) is 1. The maximum atomic E-state index is 13.2. The lowest BCUT2D eigenvalue weighted by atomic mass is 9.95. The monoisotopic (exact) mass is 433 g/mol. The van der Waals surface area contributed by atoms with Crippen LogP contribution in [0.2, 0.25) is 24.7 Å². The van der Waals surface area contributed by atoms with Gasteiger partial charge < -0.3 is 14.7 Å². The number of aliphatic hydroxyl groups is 1. The molecule has 2 aromatic rings. The Hall–Kier alpha value is -1.82. The summed E-state index contributed by atoms with van der Waals surface area (Å²) in [6.07, 6.45) is -0.771. The summed E-state index contributed by atoms with van der Waals surface area (Å²) in [6, 6.07) is 16.1. The van der Waals surface area contributed by atoms with Crippen LogP contribution in [-0.4, -0.2) is 35.9 Å². The van der Waals surface area contributed by atoms with Crippen LogP contribution < -0.4 is 0 Å². The Balaban J connectivity index is 2.54. The predicted octanol–water partition coefficient (Wildman–Crippen LogP) is 6.23. The number of carbonyl (C=O) groups is 1. The minimum absolute atomic E-state index is 0.415. The number of amides is 1. The van der Waals surface area contributed by atoms with Gasteiger partial charge in [-0.15, -0.1) is 0 Å². The van der Waals surface area contributed by atoms with Crippen molar-refractivity contribution < 1.29 is 14.6 Å². The topological polar surface area (TPSA) is 49.8 Å². The molecular weight excluding hydrogens is 402 g/mol. The van der Waals surface area contributed by atoms with E-state index in [-0.39, 0.29) is 0 Å². The summed E-state index contributed by atoms with van der Waals surface area (Å²) in [5.74, 6) is 0. The highest BCUT2D eigenvalue weighted by Gasteiger charge is 2.37. The standard InChI is InChI=1S/C23H32ClNO3Si/c1-23(2,3)28-22(27)25(16-29(4,5)6)20(17-10-8-7-9-11-17)21(26)18-12-14-19(24)15-13-18/h7-15,20-21,26H,16H2,1-6H3. The molecule has 0 saturated carbocycles. The molecule has 0 aromatic heterocycles. The summed E-state index contributed by atoms with van der Waals surface area (Å²) in [4.78, 5) is 14.9. The van der Waals surface area contributed by atoms with Gasteiger partial charge >= 0.3 is 6.09 Å². The van der Waals surface area contributed by atoms with Crippen LogP contribution in [0.1, 0.15) is 44.0 Å². The Bertz CT molecular complexity index is 798. The van der Waals surface area contributed by atoms with Gasteiger partial charge in [0.05, 0.1) is 14.1 Å². The van der Waals surface area contributed by atoms with Gasteiger partial charge in [-0.1, -0.05) is 73.7 Å². The smallest absolute Gasteiger partial charge is 0.410 e. The largest absolute Gasteiger partial charge is 0.444 e. The Kier molecular flexibility index (Phi) is 7.54. The third-order valence-corrected chi connectivity index (χ3v) is 5.80. The minimum atomic E-state index is -1.72. The second-order valence-corrected chi connectivity index (χ2v) is 15.4. The van der Waals surface area contributed by atoms with Crippen LogP contribution in [0, 0.1) is 0 Å². The van der Waals surface area contributed by atoms with E-state index < -0.39 is 31.9 Å². The fraction of sp³-hybridized carbons (Fsp3) is 0.435. The summed E-state index contributed by atoms with van der Waals surface area (Å²) in [5, 5.41) is 12.0. The predicted molar refractivity (Wildman–Crippen MR) is 122 cm³/mol. The maximum Gasteiger partial charge on any atom is 0.410 e. The Morgan fingerprint density at radius 2 is 1.59 bits per heavy atom. The number of nitrogens with zero attached hydrogens (tertiary/aromatic N) is 1. The van der Waals surface area contributed by atoms with E-state index in [4.69, 9.17) is 16.3 Å². The van der Waals surface area contributed by atoms with E-state index in [0.29, 0.717) is 16.8 Å². The maximum absolute atomic E-state index is 13.2. The molecule has 0 radical (unpaired) electrons. The van der Waals surface area contributed by atoms with Crippen molar-refractivity contribution in [2.75, 3.05) is 6.17 Å². The molecule has 0 aliphatic carbocycles. The quantitative estimate of drug-likeness (QED) is 0.549. The molecule has 0 saturated heterocycles.